The van der Waals surface area contributed by atoms with Crippen LogP contribution in [-0.2, 0) is 27.2 Å². The van der Waals surface area contributed by atoms with Gasteiger partial charge in [-0.25, -0.2) is 0 Å². The second-order valence-electron chi connectivity index (χ2n) is 14.5. The number of likely N-dealkylation sites (tertiary alicyclic amines) is 2. The number of benzene rings is 3. The summed E-state index contributed by atoms with van der Waals surface area (Å²) in [5.41, 5.74) is 3.01. The van der Waals surface area contributed by atoms with E-state index in [0.717, 1.165) is 22.0 Å². The van der Waals surface area contributed by atoms with Gasteiger partial charge in [-0.3, -0.25) is 19.2 Å². The van der Waals surface area contributed by atoms with Gasteiger partial charge in [0.15, 0.2) is 11.5 Å². The lowest BCUT2D eigenvalue weighted by Crippen LogP contribution is -2.56. The zero-order chi connectivity index (χ0) is 38.5. The molecule has 4 aromatic rings. The van der Waals surface area contributed by atoms with Crippen LogP contribution in [0.25, 0.3) is 10.9 Å². The van der Waals surface area contributed by atoms with E-state index in [0.29, 0.717) is 61.0 Å². The molecule has 4 amide bonds. The van der Waals surface area contributed by atoms with Crippen molar-refractivity contribution in [1.82, 2.24) is 25.4 Å². The molecule has 2 fully saturated rings. The summed E-state index contributed by atoms with van der Waals surface area (Å²) in [6.45, 7) is 5.05. The number of ether oxygens (including phenoxy) is 2. The lowest BCUT2D eigenvalue weighted by molar-refractivity contribution is -0.140. The van der Waals surface area contributed by atoms with Crippen molar-refractivity contribution in [3.8, 4) is 17.2 Å². The van der Waals surface area contributed by atoms with Gasteiger partial charge in [-0.15, -0.1) is 0 Å². The standard InChI is InChI=1S/C41H48ClN5O7/c1-24(2)54-36-14-11-26(16-37(36)53-4)41(52)47-21-28-20-46(38(49)17-27-19-44-35-18-29(42)12-13-31(27)35)23-33(32(28)22-47)39(50)45-34(40(51)43-3)10-6-8-25-7-5-9-30(48)15-25/h5,7,9,11-16,18-19,24,28,32-34,44,48H,6,8,10,17,20-23H2,1-4H3,(H,43,51)(H,45,50)/t28?,32?,33?,34-/m0/s1. The zero-order valence-corrected chi connectivity index (χ0v) is 31.8. The Morgan fingerprint density at radius 2 is 1.78 bits per heavy atom. The highest BCUT2D eigenvalue weighted by molar-refractivity contribution is 6.31. The number of phenols is 1. The van der Waals surface area contributed by atoms with Crippen LogP contribution in [0.1, 0.15) is 48.2 Å². The Morgan fingerprint density at radius 1 is 0.981 bits per heavy atom. The Bertz CT molecular complexity index is 2010. The summed E-state index contributed by atoms with van der Waals surface area (Å²) in [5.74, 6) is -0.904. The minimum atomic E-state index is -0.805. The molecule has 3 unspecified atom stereocenters. The number of amides is 4. The van der Waals surface area contributed by atoms with Crippen LogP contribution in [0.4, 0.5) is 0 Å². The topological polar surface area (TPSA) is 153 Å². The second-order valence-corrected chi connectivity index (χ2v) is 14.9. The second kappa shape index (κ2) is 16.8. The third kappa shape index (κ3) is 8.76. The molecular formula is C41H48ClN5O7. The quantitative estimate of drug-likeness (QED) is 0.150. The Hall–Kier alpha value is -5.23. The lowest BCUT2D eigenvalue weighted by Gasteiger charge is -2.40. The Kier molecular flexibility index (Phi) is 12.0. The highest BCUT2D eigenvalue weighted by Crippen LogP contribution is 2.38. The number of H-pyrrole nitrogens is 1. The normalized spacial score (nSPS) is 18.7. The van der Waals surface area contributed by atoms with Crippen LogP contribution in [0.15, 0.2) is 66.9 Å². The van der Waals surface area contributed by atoms with Crippen LogP contribution in [0.2, 0.25) is 5.02 Å². The number of aromatic nitrogens is 1. The molecule has 6 rings (SSSR count). The lowest BCUT2D eigenvalue weighted by atomic mass is 9.79. The van der Waals surface area contributed by atoms with Gasteiger partial charge in [-0.1, -0.05) is 29.8 Å². The zero-order valence-electron chi connectivity index (χ0n) is 31.1. The van der Waals surface area contributed by atoms with E-state index < -0.39 is 12.0 Å². The molecule has 3 aromatic carbocycles. The number of aryl methyl sites for hydroxylation is 1. The van der Waals surface area contributed by atoms with Gasteiger partial charge >= 0.3 is 0 Å². The predicted octanol–water partition coefficient (Wildman–Crippen LogP) is 4.97. The number of phenolic OH excluding ortho intramolecular Hbond substituents is 1. The van der Waals surface area contributed by atoms with Crippen LogP contribution < -0.4 is 20.1 Å². The molecule has 0 bridgehead atoms. The molecular weight excluding hydrogens is 710 g/mol. The molecule has 0 radical (unpaired) electrons. The monoisotopic (exact) mass is 757 g/mol. The Labute approximate surface area is 320 Å². The summed E-state index contributed by atoms with van der Waals surface area (Å²) >= 11 is 6.19. The van der Waals surface area contributed by atoms with E-state index in [-0.39, 0.29) is 60.3 Å². The highest BCUT2D eigenvalue weighted by Gasteiger charge is 2.48. The van der Waals surface area contributed by atoms with Crippen molar-refractivity contribution in [2.24, 2.45) is 17.8 Å². The summed E-state index contributed by atoms with van der Waals surface area (Å²) in [7, 11) is 3.06. The van der Waals surface area contributed by atoms with E-state index >= 15 is 0 Å². The maximum Gasteiger partial charge on any atom is 0.254 e. The summed E-state index contributed by atoms with van der Waals surface area (Å²) in [6.07, 6.45) is 3.43. The van der Waals surface area contributed by atoms with Crippen molar-refractivity contribution >= 4 is 46.1 Å². The van der Waals surface area contributed by atoms with E-state index in [1.165, 1.54) is 14.2 Å². The maximum absolute atomic E-state index is 14.3. The van der Waals surface area contributed by atoms with Gasteiger partial charge < -0.3 is 40.0 Å². The summed E-state index contributed by atoms with van der Waals surface area (Å²) in [5, 5.41) is 17.0. The first kappa shape index (κ1) is 38.5. The van der Waals surface area contributed by atoms with Crippen LogP contribution >= 0.6 is 11.6 Å². The molecule has 4 atom stereocenters. The first-order valence-corrected chi connectivity index (χ1v) is 18.8. The van der Waals surface area contributed by atoms with Gasteiger partial charge in [0.2, 0.25) is 17.7 Å². The molecule has 2 aliphatic rings. The number of rotatable bonds is 13. The number of likely N-dealkylation sites (N-methyl/N-ethyl adjacent to an activating group) is 1. The fourth-order valence-electron chi connectivity index (χ4n) is 7.78. The number of nitrogens with zero attached hydrogens (tertiary/aromatic N) is 2. The highest BCUT2D eigenvalue weighted by atomic mass is 35.5. The molecule has 1 aromatic heterocycles. The number of aromatic hydroxyl groups is 1. The average Bonchev–Trinajstić information content (AvgIpc) is 3.77. The number of piperidine rings is 1. The van der Waals surface area contributed by atoms with E-state index in [9.17, 15) is 24.3 Å². The van der Waals surface area contributed by atoms with Crippen LogP contribution in [-0.4, -0.2) is 96.0 Å². The SMILES string of the molecule is CNC(=O)[C@H](CCCc1cccc(O)c1)NC(=O)C1CN(C(=O)Cc2c[nH]c3cc(Cl)ccc23)CC2CN(C(=O)c3ccc(OC(C)C)c(OC)c3)CC21. The number of nitrogens with one attached hydrogen (secondary N) is 3. The van der Waals surface area contributed by atoms with Gasteiger partial charge in [-0.05, 0) is 98.5 Å². The number of hydrogen-bond donors (Lipinski definition) is 4. The largest absolute Gasteiger partial charge is 0.508 e. The number of methoxy groups -OCH3 is 1. The molecule has 286 valence electrons. The number of carbonyl (C=O) groups is 4. The van der Waals surface area contributed by atoms with Crippen molar-refractivity contribution in [1.29, 1.82) is 0 Å². The smallest absolute Gasteiger partial charge is 0.254 e. The minimum Gasteiger partial charge on any atom is -0.508 e. The van der Waals surface area contributed by atoms with Crippen molar-refractivity contribution < 1.29 is 33.8 Å². The van der Waals surface area contributed by atoms with Gasteiger partial charge in [0.25, 0.3) is 5.91 Å². The fraction of sp³-hybridized carbons (Fsp3) is 0.415. The van der Waals surface area contributed by atoms with Crippen LogP contribution in [0.3, 0.4) is 0 Å². The van der Waals surface area contributed by atoms with Gasteiger partial charge in [0.05, 0.1) is 25.6 Å². The number of fused-ring (bicyclic) bond motifs is 2. The number of halogens is 1. The summed E-state index contributed by atoms with van der Waals surface area (Å²) in [6, 6.07) is 16.7. The summed E-state index contributed by atoms with van der Waals surface area (Å²) < 4.78 is 11.4. The number of aromatic amines is 1. The molecule has 4 N–H and O–H groups in total. The third-order valence-corrected chi connectivity index (χ3v) is 10.7. The van der Waals surface area contributed by atoms with Crippen molar-refractivity contribution in [2.75, 3.05) is 40.3 Å². The molecule has 2 saturated heterocycles. The van der Waals surface area contributed by atoms with Gasteiger partial charge in [0, 0.05) is 60.9 Å². The molecule has 0 saturated carbocycles. The average molecular weight is 758 g/mol. The molecule has 0 aliphatic carbocycles. The summed E-state index contributed by atoms with van der Waals surface area (Å²) in [4.78, 5) is 62.0. The van der Waals surface area contributed by atoms with Crippen LogP contribution in [0.5, 0.6) is 17.2 Å². The van der Waals surface area contributed by atoms with Crippen molar-refractivity contribution in [2.45, 2.75) is 51.7 Å². The van der Waals surface area contributed by atoms with Crippen molar-refractivity contribution in [3.63, 3.8) is 0 Å². The van der Waals surface area contributed by atoms with E-state index in [2.05, 4.69) is 15.6 Å². The van der Waals surface area contributed by atoms with Crippen molar-refractivity contribution in [3.05, 3.63) is 88.6 Å². The molecule has 54 heavy (non-hydrogen) atoms. The first-order valence-electron chi connectivity index (χ1n) is 18.4. The predicted molar refractivity (Wildman–Crippen MR) is 206 cm³/mol. The molecule has 3 heterocycles. The fourth-order valence-corrected chi connectivity index (χ4v) is 7.95. The third-order valence-electron chi connectivity index (χ3n) is 10.4. The number of carbonyl (C=O) groups excluding carboxylic acids is 4. The van der Waals surface area contributed by atoms with E-state index in [1.807, 2.05) is 38.2 Å². The molecule has 12 nitrogen and oxygen atoms in total. The first-order chi connectivity index (χ1) is 25.9. The minimum absolute atomic E-state index is 0.0771. The molecule has 0 spiro atoms. The molecule has 13 heteroatoms. The number of hydrogen-bond acceptors (Lipinski definition) is 7. The Morgan fingerprint density at radius 3 is 2.52 bits per heavy atom. The Balaban J connectivity index is 1.22. The van der Waals surface area contributed by atoms with Gasteiger partial charge in [-0.2, -0.15) is 0 Å². The van der Waals surface area contributed by atoms with E-state index in [1.54, 1.807) is 52.3 Å². The molecule has 2 aliphatic heterocycles. The maximum atomic E-state index is 14.3. The van der Waals surface area contributed by atoms with Crippen LogP contribution in [0, 0.1) is 17.8 Å². The van der Waals surface area contributed by atoms with Gasteiger partial charge in [0.1, 0.15) is 11.8 Å². The van der Waals surface area contributed by atoms with E-state index in [4.69, 9.17) is 21.1 Å².